The van der Waals surface area contributed by atoms with Gasteiger partial charge in [-0.3, -0.25) is 0 Å². The Morgan fingerprint density at radius 3 is 2.63 bits per heavy atom. The first-order valence-corrected chi connectivity index (χ1v) is 10.5. The van der Waals surface area contributed by atoms with E-state index in [1.165, 1.54) is 4.88 Å². The van der Waals surface area contributed by atoms with Gasteiger partial charge < -0.3 is 14.2 Å². The topological polar surface area (TPSA) is 89.7 Å². The van der Waals surface area contributed by atoms with Gasteiger partial charge in [0, 0.05) is 39.3 Å². The molecule has 5 rings (SSSR count). The molecule has 0 saturated carbocycles. The Labute approximate surface area is 177 Å². The number of benzene rings is 1. The van der Waals surface area contributed by atoms with E-state index in [1.54, 1.807) is 18.4 Å². The minimum atomic E-state index is 0.666. The normalized spacial score (nSPS) is 11.6. The fraction of sp³-hybridized carbons (Fsp3) is 0.273. The number of aromatic amines is 1. The van der Waals surface area contributed by atoms with Gasteiger partial charge in [-0.1, -0.05) is 5.16 Å². The highest BCUT2D eigenvalue weighted by Gasteiger charge is 2.20. The lowest BCUT2D eigenvalue weighted by Crippen LogP contribution is -1.98. The monoisotopic (exact) mass is 419 g/mol. The Morgan fingerprint density at radius 1 is 1.13 bits per heavy atom. The summed E-state index contributed by atoms with van der Waals surface area (Å²) in [4.78, 5) is 18.6. The smallest absolute Gasteiger partial charge is 0.142 e. The van der Waals surface area contributed by atoms with Gasteiger partial charge >= 0.3 is 0 Å². The maximum atomic E-state index is 5.76. The van der Waals surface area contributed by atoms with Crippen LogP contribution < -0.4 is 4.74 Å². The molecule has 4 heterocycles. The molecule has 0 aliphatic rings. The summed E-state index contributed by atoms with van der Waals surface area (Å²) in [7, 11) is 1.68. The Bertz CT molecular complexity index is 1390. The van der Waals surface area contributed by atoms with Crippen LogP contribution in [0.4, 0.5) is 0 Å². The molecule has 0 amide bonds. The largest absolute Gasteiger partial charge is 0.496 e. The standard InChI is InChI=1S/C22H21N5O2S/c1-10-9-23-19(30-10)8-17-21-14-7-18(28-5)15(20-11(2)27-29-12(20)3)6-16(14)26-22(21)25-13(4)24-17/h6-7,9H,8H2,1-5H3,(H,24,25,26). The summed E-state index contributed by atoms with van der Waals surface area (Å²) in [6, 6.07) is 4.12. The molecule has 0 bridgehead atoms. The second kappa shape index (κ2) is 6.91. The molecule has 0 aliphatic carbocycles. The van der Waals surface area contributed by atoms with Crippen LogP contribution in [0.15, 0.2) is 22.9 Å². The number of rotatable bonds is 4. The number of fused-ring (bicyclic) bond motifs is 3. The first-order chi connectivity index (χ1) is 14.4. The van der Waals surface area contributed by atoms with Crippen LogP contribution >= 0.6 is 11.3 Å². The van der Waals surface area contributed by atoms with Crippen LogP contribution in [0.3, 0.4) is 0 Å². The second-order valence-electron chi connectivity index (χ2n) is 7.40. The highest BCUT2D eigenvalue weighted by Crippen LogP contribution is 2.40. The quantitative estimate of drug-likeness (QED) is 0.438. The average molecular weight is 420 g/mol. The van der Waals surface area contributed by atoms with Crippen molar-refractivity contribution in [3.8, 4) is 16.9 Å². The lowest BCUT2D eigenvalue weighted by Gasteiger charge is -2.09. The molecule has 8 heteroatoms. The third-order valence-electron chi connectivity index (χ3n) is 5.25. The van der Waals surface area contributed by atoms with Crippen LogP contribution in [-0.2, 0) is 6.42 Å². The number of hydrogen-bond acceptors (Lipinski definition) is 7. The number of aromatic nitrogens is 5. The third kappa shape index (κ3) is 2.95. The van der Waals surface area contributed by atoms with E-state index < -0.39 is 0 Å². The molecule has 5 aromatic rings. The molecule has 0 atom stereocenters. The molecular formula is C22H21N5O2S. The molecule has 1 N–H and O–H groups in total. The van der Waals surface area contributed by atoms with E-state index in [0.717, 1.165) is 66.8 Å². The maximum Gasteiger partial charge on any atom is 0.142 e. The van der Waals surface area contributed by atoms with E-state index in [2.05, 4.69) is 33.1 Å². The van der Waals surface area contributed by atoms with Crippen LogP contribution in [0.1, 0.15) is 32.9 Å². The fourth-order valence-corrected chi connectivity index (χ4v) is 4.80. The van der Waals surface area contributed by atoms with Crippen molar-refractivity contribution in [3.05, 3.63) is 51.2 Å². The summed E-state index contributed by atoms with van der Waals surface area (Å²) in [5, 5.41) is 7.17. The summed E-state index contributed by atoms with van der Waals surface area (Å²) in [5.74, 6) is 2.25. The van der Waals surface area contributed by atoms with Gasteiger partial charge in [0.05, 0.1) is 29.1 Å². The summed E-state index contributed by atoms with van der Waals surface area (Å²) < 4.78 is 11.1. The van der Waals surface area contributed by atoms with Crippen molar-refractivity contribution in [2.45, 2.75) is 34.1 Å². The summed E-state index contributed by atoms with van der Waals surface area (Å²) in [6.07, 6.45) is 2.57. The predicted molar refractivity (Wildman–Crippen MR) is 117 cm³/mol. The van der Waals surface area contributed by atoms with E-state index in [9.17, 15) is 0 Å². The fourth-order valence-electron chi connectivity index (χ4n) is 4.01. The van der Waals surface area contributed by atoms with Crippen molar-refractivity contribution in [3.63, 3.8) is 0 Å². The molecule has 30 heavy (non-hydrogen) atoms. The molecule has 152 valence electrons. The Hall–Kier alpha value is -3.26. The highest BCUT2D eigenvalue weighted by molar-refractivity contribution is 7.11. The van der Waals surface area contributed by atoms with Crippen molar-refractivity contribution in [1.29, 1.82) is 0 Å². The third-order valence-corrected chi connectivity index (χ3v) is 6.16. The Kier molecular flexibility index (Phi) is 4.32. The van der Waals surface area contributed by atoms with Gasteiger partial charge in [-0.05, 0) is 39.8 Å². The number of H-pyrrole nitrogens is 1. The van der Waals surface area contributed by atoms with Crippen molar-refractivity contribution in [1.82, 2.24) is 25.1 Å². The molecule has 0 aliphatic heterocycles. The van der Waals surface area contributed by atoms with Crippen LogP contribution in [-0.4, -0.2) is 32.2 Å². The lowest BCUT2D eigenvalue weighted by molar-refractivity contribution is 0.393. The van der Waals surface area contributed by atoms with E-state index in [-0.39, 0.29) is 0 Å². The molecule has 0 fully saturated rings. The molecule has 7 nitrogen and oxygen atoms in total. The Balaban J connectivity index is 1.77. The zero-order valence-corrected chi connectivity index (χ0v) is 18.3. The minimum absolute atomic E-state index is 0.666. The maximum absolute atomic E-state index is 5.76. The number of nitrogens with zero attached hydrogens (tertiary/aromatic N) is 4. The minimum Gasteiger partial charge on any atom is -0.496 e. The van der Waals surface area contributed by atoms with Gasteiger partial charge in [0.15, 0.2) is 0 Å². The number of methoxy groups -OCH3 is 1. The second-order valence-corrected chi connectivity index (χ2v) is 8.72. The summed E-state index contributed by atoms with van der Waals surface area (Å²) in [5.41, 5.74) is 5.47. The van der Waals surface area contributed by atoms with Crippen LogP contribution in [0.25, 0.3) is 33.1 Å². The van der Waals surface area contributed by atoms with Crippen molar-refractivity contribution in [2.75, 3.05) is 7.11 Å². The zero-order chi connectivity index (χ0) is 21.0. The van der Waals surface area contributed by atoms with Gasteiger partial charge in [-0.2, -0.15) is 0 Å². The lowest BCUT2D eigenvalue weighted by atomic mass is 10.0. The molecular weight excluding hydrogens is 398 g/mol. The van der Waals surface area contributed by atoms with E-state index in [4.69, 9.17) is 14.2 Å². The van der Waals surface area contributed by atoms with Crippen LogP contribution in [0.2, 0.25) is 0 Å². The van der Waals surface area contributed by atoms with Crippen LogP contribution in [0, 0.1) is 27.7 Å². The summed E-state index contributed by atoms with van der Waals surface area (Å²) in [6.45, 7) is 7.82. The molecule has 0 saturated heterocycles. The molecule has 0 spiro atoms. The summed E-state index contributed by atoms with van der Waals surface area (Å²) >= 11 is 1.69. The molecule has 1 aromatic carbocycles. The first-order valence-electron chi connectivity index (χ1n) is 9.66. The number of nitrogens with one attached hydrogen (secondary N) is 1. The van der Waals surface area contributed by atoms with E-state index >= 15 is 0 Å². The van der Waals surface area contributed by atoms with Crippen LogP contribution in [0.5, 0.6) is 5.75 Å². The number of hydrogen-bond donors (Lipinski definition) is 1. The van der Waals surface area contributed by atoms with Crippen molar-refractivity contribution >= 4 is 33.3 Å². The molecule has 4 aromatic heterocycles. The zero-order valence-electron chi connectivity index (χ0n) is 17.5. The van der Waals surface area contributed by atoms with Crippen molar-refractivity contribution < 1.29 is 9.26 Å². The van der Waals surface area contributed by atoms with Gasteiger partial charge in [0.25, 0.3) is 0 Å². The van der Waals surface area contributed by atoms with E-state index in [1.807, 2.05) is 33.0 Å². The van der Waals surface area contributed by atoms with Gasteiger partial charge in [-0.25, -0.2) is 15.0 Å². The predicted octanol–water partition coefficient (Wildman–Crippen LogP) is 5.06. The van der Waals surface area contributed by atoms with Gasteiger partial charge in [0.1, 0.15) is 23.0 Å². The van der Waals surface area contributed by atoms with E-state index in [0.29, 0.717) is 6.42 Å². The first kappa shape index (κ1) is 18.7. The average Bonchev–Trinajstić information content (AvgIpc) is 3.37. The molecule has 0 radical (unpaired) electrons. The number of ether oxygens (including phenoxy) is 1. The number of thiazole rings is 1. The Morgan fingerprint density at radius 2 is 1.97 bits per heavy atom. The highest BCUT2D eigenvalue weighted by atomic mass is 32.1. The molecule has 0 unspecified atom stereocenters. The van der Waals surface area contributed by atoms with Crippen molar-refractivity contribution in [2.24, 2.45) is 0 Å². The van der Waals surface area contributed by atoms with Gasteiger partial charge in [0.2, 0.25) is 0 Å². The van der Waals surface area contributed by atoms with Gasteiger partial charge in [-0.15, -0.1) is 11.3 Å². The number of aryl methyl sites for hydroxylation is 4. The SMILES string of the molecule is COc1cc2c(cc1-c1c(C)noc1C)[nH]c1nc(C)nc(Cc3ncc(C)s3)c12.